The molecule has 100 valence electrons. The summed E-state index contributed by atoms with van der Waals surface area (Å²) in [6.45, 7) is 2.68. The van der Waals surface area contributed by atoms with E-state index in [1.807, 2.05) is 6.92 Å². The maximum Gasteiger partial charge on any atom is 0.224 e. The fourth-order valence-electron chi connectivity index (χ4n) is 1.51. The molecule has 0 radical (unpaired) electrons. The van der Waals surface area contributed by atoms with E-state index in [9.17, 15) is 4.79 Å². The number of nitrogens with one attached hydrogen (secondary N) is 1. The fraction of sp³-hybridized carbons (Fsp3) is 0.462. The van der Waals surface area contributed by atoms with E-state index >= 15 is 0 Å². The largest absolute Gasteiger partial charge is 0.396 e. The lowest BCUT2D eigenvalue weighted by molar-refractivity contribution is -0.120. The van der Waals surface area contributed by atoms with Gasteiger partial charge in [0, 0.05) is 23.2 Å². The monoisotopic (exact) mass is 289 g/mol. The van der Waals surface area contributed by atoms with Gasteiger partial charge in [0.15, 0.2) is 0 Å². The van der Waals surface area contributed by atoms with Gasteiger partial charge in [0.05, 0.1) is 6.42 Å². The van der Waals surface area contributed by atoms with Gasteiger partial charge in [-0.15, -0.1) is 0 Å². The van der Waals surface area contributed by atoms with E-state index in [1.165, 1.54) is 0 Å². The zero-order chi connectivity index (χ0) is 13.5. The van der Waals surface area contributed by atoms with E-state index in [2.05, 4.69) is 5.32 Å². The van der Waals surface area contributed by atoms with Crippen molar-refractivity contribution >= 4 is 29.1 Å². The average molecular weight is 290 g/mol. The topological polar surface area (TPSA) is 49.3 Å². The molecule has 1 unspecified atom stereocenters. The van der Waals surface area contributed by atoms with Crippen molar-refractivity contribution in [1.82, 2.24) is 5.32 Å². The molecule has 1 aromatic rings. The van der Waals surface area contributed by atoms with Crippen molar-refractivity contribution in [1.29, 1.82) is 0 Å². The molecule has 1 amide bonds. The smallest absolute Gasteiger partial charge is 0.224 e. The second kappa shape index (κ2) is 7.62. The van der Waals surface area contributed by atoms with Gasteiger partial charge in [-0.25, -0.2) is 0 Å². The van der Waals surface area contributed by atoms with Crippen LogP contribution in [-0.4, -0.2) is 24.2 Å². The highest BCUT2D eigenvalue weighted by Gasteiger charge is 2.09. The Kier molecular flexibility index (Phi) is 6.47. The Balaban J connectivity index is 2.44. The Morgan fingerprint density at radius 3 is 2.78 bits per heavy atom. The van der Waals surface area contributed by atoms with Crippen LogP contribution in [0.15, 0.2) is 18.2 Å². The Bertz CT molecular complexity index is 410. The number of rotatable bonds is 6. The molecule has 1 rings (SSSR count). The summed E-state index contributed by atoms with van der Waals surface area (Å²) in [5.41, 5.74) is 0.758. The van der Waals surface area contributed by atoms with Crippen molar-refractivity contribution < 1.29 is 9.90 Å². The maximum absolute atomic E-state index is 11.7. The van der Waals surface area contributed by atoms with E-state index in [4.69, 9.17) is 28.3 Å². The molecule has 0 heterocycles. The molecule has 1 atom stereocenters. The molecule has 0 aliphatic rings. The van der Waals surface area contributed by atoms with Crippen molar-refractivity contribution in [3.8, 4) is 0 Å². The zero-order valence-electron chi connectivity index (χ0n) is 10.2. The first kappa shape index (κ1) is 15.3. The summed E-state index contributed by atoms with van der Waals surface area (Å²) >= 11 is 11.8. The molecule has 0 bridgehead atoms. The van der Waals surface area contributed by atoms with Gasteiger partial charge in [0.1, 0.15) is 0 Å². The van der Waals surface area contributed by atoms with Gasteiger partial charge in [-0.1, -0.05) is 36.2 Å². The number of amides is 1. The van der Waals surface area contributed by atoms with Crippen LogP contribution in [0.2, 0.25) is 10.0 Å². The van der Waals surface area contributed by atoms with E-state index < -0.39 is 0 Å². The van der Waals surface area contributed by atoms with Gasteiger partial charge in [-0.2, -0.15) is 0 Å². The number of aliphatic hydroxyl groups excluding tert-OH is 1. The van der Waals surface area contributed by atoms with Gasteiger partial charge >= 0.3 is 0 Å². The SMILES string of the molecule is CC(CCO)CNC(=O)Cc1ccc(Cl)cc1Cl. The molecule has 5 heteroatoms. The highest BCUT2D eigenvalue weighted by atomic mass is 35.5. The Hall–Kier alpha value is -0.770. The second-order valence-electron chi connectivity index (χ2n) is 4.33. The van der Waals surface area contributed by atoms with Gasteiger partial charge in [0.2, 0.25) is 5.91 Å². The minimum Gasteiger partial charge on any atom is -0.396 e. The van der Waals surface area contributed by atoms with Crippen molar-refractivity contribution in [2.75, 3.05) is 13.2 Å². The number of hydrogen-bond acceptors (Lipinski definition) is 2. The van der Waals surface area contributed by atoms with Crippen LogP contribution in [0.5, 0.6) is 0 Å². The van der Waals surface area contributed by atoms with Crippen LogP contribution >= 0.6 is 23.2 Å². The molecule has 0 saturated carbocycles. The Morgan fingerprint density at radius 1 is 1.44 bits per heavy atom. The van der Waals surface area contributed by atoms with Crippen LogP contribution in [0.4, 0.5) is 0 Å². The first-order valence-corrected chi connectivity index (χ1v) is 6.60. The number of carbonyl (C=O) groups is 1. The van der Waals surface area contributed by atoms with Crippen LogP contribution in [-0.2, 0) is 11.2 Å². The number of benzene rings is 1. The molecule has 2 N–H and O–H groups in total. The lowest BCUT2D eigenvalue weighted by atomic mass is 10.1. The van der Waals surface area contributed by atoms with Crippen LogP contribution < -0.4 is 5.32 Å². The predicted molar refractivity (Wildman–Crippen MR) is 74.0 cm³/mol. The van der Waals surface area contributed by atoms with Crippen LogP contribution in [0.25, 0.3) is 0 Å². The minimum atomic E-state index is -0.0796. The average Bonchev–Trinajstić information content (AvgIpc) is 2.31. The molecular formula is C13H17Cl2NO2. The summed E-state index contributed by atoms with van der Waals surface area (Å²) < 4.78 is 0. The predicted octanol–water partition coefficient (Wildman–Crippen LogP) is 2.67. The van der Waals surface area contributed by atoms with Crippen molar-refractivity contribution in [2.24, 2.45) is 5.92 Å². The fourth-order valence-corrected chi connectivity index (χ4v) is 1.99. The lowest BCUT2D eigenvalue weighted by Crippen LogP contribution is -2.30. The zero-order valence-corrected chi connectivity index (χ0v) is 11.8. The molecule has 0 aromatic heterocycles. The molecule has 0 saturated heterocycles. The summed E-state index contributed by atoms with van der Waals surface area (Å²) in [5.74, 6) is 0.184. The van der Waals surface area contributed by atoms with Crippen molar-refractivity contribution in [3.05, 3.63) is 33.8 Å². The molecule has 0 spiro atoms. The third-order valence-electron chi connectivity index (χ3n) is 2.64. The Labute approximate surface area is 117 Å². The molecule has 0 fully saturated rings. The molecule has 0 aliphatic carbocycles. The van der Waals surface area contributed by atoms with Crippen molar-refractivity contribution in [2.45, 2.75) is 19.8 Å². The molecular weight excluding hydrogens is 273 g/mol. The summed E-state index contributed by atoms with van der Waals surface area (Å²) in [4.78, 5) is 11.7. The number of halogens is 2. The molecule has 1 aromatic carbocycles. The highest BCUT2D eigenvalue weighted by Crippen LogP contribution is 2.21. The van der Waals surface area contributed by atoms with Crippen LogP contribution in [0.1, 0.15) is 18.9 Å². The van der Waals surface area contributed by atoms with Crippen LogP contribution in [0.3, 0.4) is 0 Å². The van der Waals surface area contributed by atoms with E-state index in [0.717, 1.165) is 5.56 Å². The second-order valence-corrected chi connectivity index (χ2v) is 5.18. The third kappa shape index (κ3) is 5.25. The van der Waals surface area contributed by atoms with E-state index in [-0.39, 0.29) is 24.9 Å². The maximum atomic E-state index is 11.7. The van der Waals surface area contributed by atoms with Gasteiger partial charge in [-0.3, -0.25) is 4.79 Å². The van der Waals surface area contributed by atoms with Crippen molar-refractivity contribution in [3.63, 3.8) is 0 Å². The Morgan fingerprint density at radius 2 is 2.17 bits per heavy atom. The summed E-state index contributed by atoms with van der Waals surface area (Å²) in [5, 5.41) is 12.6. The lowest BCUT2D eigenvalue weighted by Gasteiger charge is -2.11. The molecule has 3 nitrogen and oxygen atoms in total. The van der Waals surface area contributed by atoms with Crippen LogP contribution in [0, 0.1) is 5.92 Å². The highest BCUT2D eigenvalue weighted by molar-refractivity contribution is 6.35. The first-order valence-electron chi connectivity index (χ1n) is 5.84. The summed E-state index contributed by atoms with van der Waals surface area (Å²) in [7, 11) is 0. The first-order chi connectivity index (χ1) is 8.52. The summed E-state index contributed by atoms with van der Waals surface area (Å²) in [6, 6.07) is 5.09. The van der Waals surface area contributed by atoms with Gasteiger partial charge in [0.25, 0.3) is 0 Å². The number of carbonyl (C=O) groups excluding carboxylic acids is 1. The number of aliphatic hydroxyl groups is 1. The molecule has 0 aliphatic heterocycles. The minimum absolute atomic E-state index is 0.0796. The third-order valence-corrected chi connectivity index (χ3v) is 3.22. The van der Waals surface area contributed by atoms with E-state index in [1.54, 1.807) is 18.2 Å². The summed E-state index contributed by atoms with van der Waals surface area (Å²) in [6.07, 6.45) is 0.920. The number of hydrogen-bond donors (Lipinski definition) is 2. The molecule has 18 heavy (non-hydrogen) atoms. The van der Waals surface area contributed by atoms with Gasteiger partial charge < -0.3 is 10.4 Å². The normalized spacial score (nSPS) is 12.2. The van der Waals surface area contributed by atoms with E-state index in [0.29, 0.717) is 23.0 Å². The van der Waals surface area contributed by atoms with Gasteiger partial charge in [-0.05, 0) is 30.0 Å². The quantitative estimate of drug-likeness (QED) is 0.846. The standard InChI is InChI=1S/C13H17Cl2NO2/c1-9(4-5-17)8-16-13(18)6-10-2-3-11(14)7-12(10)15/h2-3,7,9,17H,4-6,8H2,1H3,(H,16,18).